The standard InChI is InChI=1S/C13H18N2O2S.C12H13NO3S.C11H14N2O2S.C11H12N2OS.C11H13NO2S/c1-5-17-13(16)11-9(7-14-3)12-10(15(11)4)6-8(2)18-12;1-4-16-12(15)10-8(6-14)11-9(13(10)3)5-7(2)17-11;1-6-4-8-10(16-6)7(5-12-2)9(11(14)15)13(8)3;1-6-4-8-10(15-6)7-5-12(2)11(14)9(7)13(8)3;1-4-14-11(13)9-6-10-8(12(9)3)5-7(2)15-10/h6,14H,5,7H2,1-4H3;5-6H,4H2,1-3H3;4,12H,5H2,1-3H3,(H,14,15);4H,5H2,1-3H3;5-6H,4H2,1-3H3. The zero-order valence-electron chi connectivity index (χ0n) is 48.6. The number of nitrogens with one attached hydrogen (secondary N) is 2. The molecular weight excluding hydrogens is 1130 g/mol. The summed E-state index contributed by atoms with van der Waals surface area (Å²) in [4.78, 5) is 77.6. The van der Waals surface area contributed by atoms with Gasteiger partial charge in [0.05, 0.1) is 76.5 Å². The fourth-order valence-electron chi connectivity index (χ4n) is 10.1. The lowest BCUT2D eigenvalue weighted by atomic mass is 10.2. The number of aromatic carboxylic acids is 1. The second kappa shape index (κ2) is 25.9. The van der Waals surface area contributed by atoms with Crippen molar-refractivity contribution in [3.05, 3.63) is 112 Å². The Hall–Kier alpha value is -6.86. The highest BCUT2D eigenvalue weighted by atomic mass is 32.1. The molecule has 3 N–H and O–H groups in total. The summed E-state index contributed by atoms with van der Waals surface area (Å²) in [6, 6.07) is 12.3. The summed E-state index contributed by atoms with van der Waals surface area (Å²) in [5, 5.41) is 15.4. The first-order valence-corrected chi connectivity index (χ1v) is 30.2. The fourth-order valence-corrected chi connectivity index (χ4v) is 15.3. The van der Waals surface area contributed by atoms with E-state index in [2.05, 4.69) is 49.6 Å². The van der Waals surface area contributed by atoms with Gasteiger partial charge in [-0.3, -0.25) is 9.59 Å². The second-order valence-corrected chi connectivity index (χ2v) is 25.6. The van der Waals surface area contributed by atoms with E-state index >= 15 is 0 Å². The molecule has 0 aliphatic carbocycles. The molecule has 81 heavy (non-hydrogen) atoms. The molecule has 0 aromatic carbocycles. The Morgan fingerprint density at radius 1 is 0.543 bits per heavy atom. The van der Waals surface area contributed by atoms with Crippen molar-refractivity contribution in [2.24, 2.45) is 35.2 Å². The molecular formula is C58H70N8O10S5. The minimum atomic E-state index is -0.867. The van der Waals surface area contributed by atoms with Crippen LogP contribution in [0.3, 0.4) is 0 Å². The van der Waals surface area contributed by atoms with Gasteiger partial charge in [0.15, 0.2) is 6.29 Å². The first-order valence-electron chi connectivity index (χ1n) is 26.1. The maximum atomic E-state index is 12.0. The average molecular weight is 1200 g/mol. The van der Waals surface area contributed by atoms with Crippen LogP contribution in [-0.4, -0.2) is 110 Å². The first kappa shape index (κ1) is 61.8. The van der Waals surface area contributed by atoms with Crippen LogP contribution in [0.15, 0.2) is 36.4 Å². The number of hydrogen-bond acceptors (Lipinski definition) is 16. The summed E-state index contributed by atoms with van der Waals surface area (Å²) in [6.07, 6.45) is 0.727. The van der Waals surface area contributed by atoms with Crippen molar-refractivity contribution >= 4 is 144 Å². The van der Waals surface area contributed by atoms with Crippen molar-refractivity contribution in [1.82, 2.24) is 38.4 Å². The van der Waals surface area contributed by atoms with Gasteiger partial charge < -0.3 is 57.7 Å². The summed E-state index contributed by atoms with van der Waals surface area (Å²) >= 11 is 8.36. The number of ether oxygens (including phenoxy) is 3. The number of carbonyl (C=O) groups is 6. The third kappa shape index (κ3) is 12.2. The maximum Gasteiger partial charge on any atom is 0.355 e. The minimum absolute atomic E-state index is 0.147. The summed E-state index contributed by atoms with van der Waals surface area (Å²) in [7, 11) is 14.9. The third-order valence-corrected chi connectivity index (χ3v) is 18.9. The maximum absolute atomic E-state index is 12.0. The fraction of sp³-hybridized carbons (Fsp3) is 0.379. The van der Waals surface area contributed by atoms with Gasteiger partial charge in [0.25, 0.3) is 5.91 Å². The minimum Gasteiger partial charge on any atom is -0.477 e. The van der Waals surface area contributed by atoms with Gasteiger partial charge >= 0.3 is 23.9 Å². The van der Waals surface area contributed by atoms with E-state index in [4.69, 9.17) is 14.2 Å². The summed E-state index contributed by atoms with van der Waals surface area (Å²) < 4.78 is 29.9. The molecule has 0 bridgehead atoms. The van der Waals surface area contributed by atoms with Crippen molar-refractivity contribution in [3.63, 3.8) is 0 Å². The Labute approximate surface area is 490 Å². The van der Waals surface area contributed by atoms with Crippen molar-refractivity contribution in [3.8, 4) is 0 Å². The molecule has 1 aliphatic heterocycles. The van der Waals surface area contributed by atoms with Gasteiger partial charge in [0, 0.05) is 103 Å². The highest BCUT2D eigenvalue weighted by molar-refractivity contribution is 7.20. The molecule has 0 saturated heterocycles. The summed E-state index contributed by atoms with van der Waals surface area (Å²) in [5.41, 5.74) is 11.7. The lowest BCUT2D eigenvalue weighted by Crippen LogP contribution is -2.19. The van der Waals surface area contributed by atoms with Crippen LogP contribution in [0.25, 0.3) is 51.1 Å². The van der Waals surface area contributed by atoms with Crippen LogP contribution in [0.1, 0.15) is 125 Å². The average Bonchev–Trinajstić information content (AvgIpc) is 3.33. The van der Waals surface area contributed by atoms with Gasteiger partial charge in [-0.15, -0.1) is 56.7 Å². The number of esters is 3. The van der Waals surface area contributed by atoms with E-state index < -0.39 is 11.9 Å². The molecule has 0 unspecified atom stereocenters. The molecule has 1 aliphatic rings. The number of rotatable bonds is 12. The van der Waals surface area contributed by atoms with Crippen LogP contribution in [0.4, 0.5) is 0 Å². The smallest absolute Gasteiger partial charge is 0.355 e. The van der Waals surface area contributed by atoms with Crippen LogP contribution in [-0.2, 0) is 69.1 Å². The zero-order valence-corrected chi connectivity index (χ0v) is 52.7. The van der Waals surface area contributed by atoms with Gasteiger partial charge in [0.1, 0.15) is 28.5 Å². The number of nitrogens with zero attached hydrogens (tertiary/aromatic N) is 6. The number of amides is 1. The van der Waals surface area contributed by atoms with Gasteiger partial charge in [-0.05, 0) is 106 Å². The van der Waals surface area contributed by atoms with E-state index in [1.54, 1.807) is 80.4 Å². The van der Waals surface area contributed by atoms with E-state index in [-0.39, 0.29) is 17.8 Å². The number of fused-ring (bicyclic) bond motifs is 7. The number of aromatic nitrogens is 5. The van der Waals surface area contributed by atoms with Crippen molar-refractivity contribution in [2.75, 3.05) is 41.0 Å². The van der Waals surface area contributed by atoms with E-state index in [0.29, 0.717) is 61.2 Å². The number of aryl methyl sites for hydroxylation is 10. The molecule has 0 saturated carbocycles. The van der Waals surface area contributed by atoms with E-state index in [1.807, 2.05) is 102 Å². The monoisotopic (exact) mass is 1200 g/mol. The van der Waals surface area contributed by atoms with Crippen molar-refractivity contribution in [2.45, 2.75) is 75.0 Å². The van der Waals surface area contributed by atoms with Gasteiger partial charge in [-0.25, -0.2) is 19.2 Å². The Balaban J connectivity index is 0.000000146. The van der Waals surface area contributed by atoms with Crippen LogP contribution in [0.5, 0.6) is 0 Å². The quantitative estimate of drug-likeness (QED) is 0.0594. The molecule has 18 nitrogen and oxygen atoms in total. The summed E-state index contributed by atoms with van der Waals surface area (Å²) in [6.45, 7) is 18.8. The molecule has 0 atom stereocenters. The second-order valence-electron chi connectivity index (χ2n) is 19.3. The largest absolute Gasteiger partial charge is 0.477 e. The third-order valence-electron chi connectivity index (χ3n) is 13.6. The molecule has 1 amide bonds. The Morgan fingerprint density at radius 3 is 1.43 bits per heavy atom. The molecule has 23 heteroatoms. The Morgan fingerprint density at radius 2 is 0.951 bits per heavy atom. The molecule has 10 aromatic heterocycles. The predicted molar refractivity (Wildman–Crippen MR) is 329 cm³/mol. The molecule has 11 rings (SSSR count). The van der Waals surface area contributed by atoms with E-state index in [1.165, 1.54) is 51.3 Å². The molecule has 11 heterocycles. The predicted octanol–water partition coefficient (Wildman–Crippen LogP) is 11.8. The summed E-state index contributed by atoms with van der Waals surface area (Å²) in [5.74, 6) is -1.66. The number of carbonyl (C=O) groups excluding carboxylic acids is 5. The normalized spacial score (nSPS) is 11.8. The number of hydrogen-bond donors (Lipinski definition) is 3. The molecule has 0 spiro atoms. The topological polar surface area (TPSA) is 202 Å². The first-order chi connectivity index (χ1) is 38.5. The van der Waals surface area contributed by atoms with Crippen molar-refractivity contribution in [1.29, 1.82) is 0 Å². The lowest BCUT2D eigenvalue weighted by molar-refractivity contribution is 0.0505. The zero-order chi connectivity index (χ0) is 59.5. The van der Waals surface area contributed by atoms with Crippen LogP contribution >= 0.6 is 56.7 Å². The Bertz CT molecular complexity index is 4010. The number of thiophene rings is 5. The van der Waals surface area contributed by atoms with Crippen molar-refractivity contribution < 1.29 is 48.1 Å². The molecule has 10 aromatic rings. The highest BCUT2D eigenvalue weighted by Crippen LogP contribution is 2.38. The number of carboxylic acid groups (broad SMARTS) is 1. The number of carboxylic acids is 1. The number of aldehydes is 1. The van der Waals surface area contributed by atoms with Gasteiger partial charge in [-0.1, -0.05) is 0 Å². The van der Waals surface area contributed by atoms with E-state index in [0.717, 1.165) is 70.7 Å². The van der Waals surface area contributed by atoms with Crippen LogP contribution in [0, 0.1) is 34.6 Å². The highest BCUT2D eigenvalue weighted by Gasteiger charge is 2.32. The van der Waals surface area contributed by atoms with E-state index in [9.17, 15) is 33.9 Å². The van der Waals surface area contributed by atoms with Gasteiger partial charge in [0.2, 0.25) is 0 Å². The molecule has 0 fully saturated rings. The lowest BCUT2D eigenvalue weighted by Gasteiger charge is -2.07. The SMILES string of the molecule is CCOC(=O)c1c(C=O)c2sc(C)cc2n1C.CCOC(=O)c1c(CNC)c2sc(C)cc2n1C.CCOC(=O)c1cc2sc(C)cc2n1C.CNCc1c(C(=O)O)n(C)c2cc(C)sc12.Cc1cc2c(s1)c1c(n2C)C(=O)N(C)C1. The molecule has 0 radical (unpaired) electrons. The van der Waals surface area contributed by atoms with Gasteiger partial charge in [-0.2, -0.15) is 0 Å². The van der Waals surface area contributed by atoms with Crippen LogP contribution < -0.4 is 10.6 Å². The molecule has 432 valence electrons. The Kier molecular flexibility index (Phi) is 19.8. The van der Waals surface area contributed by atoms with Crippen LogP contribution in [0.2, 0.25) is 0 Å².